The van der Waals surface area contributed by atoms with Crippen molar-refractivity contribution in [3.8, 4) is 5.75 Å². The maximum atomic E-state index is 12.3. The third kappa shape index (κ3) is 3.90. The molecule has 0 aliphatic carbocycles. The molecule has 26 heavy (non-hydrogen) atoms. The van der Waals surface area contributed by atoms with Gasteiger partial charge in [0.1, 0.15) is 5.75 Å². The minimum absolute atomic E-state index is 0.0245. The number of carbonyl (C=O) groups excluding carboxylic acids is 1. The Bertz CT molecular complexity index is 786. The molecule has 1 unspecified atom stereocenters. The van der Waals surface area contributed by atoms with Gasteiger partial charge in [-0.3, -0.25) is 9.48 Å². The van der Waals surface area contributed by atoms with Crippen LogP contribution in [0.15, 0.2) is 30.6 Å². The average Bonchev–Trinajstić information content (AvgIpc) is 3.28. The molecule has 1 aromatic carbocycles. The first-order valence-electron chi connectivity index (χ1n) is 9.44. The lowest BCUT2D eigenvalue weighted by atomic mass is 10.0. The number of likely N-dealkylation sites (tertiary alicyclic amines) is 1. The van der Waals surface area contributed by atoms with Crippen molar-refractivity contribution < 1.29 is 9.53 Å². The number of amides is 1. The fourth-order valence-electron chi connectivity index (χ4n) is 3.87. The van der Waals surface area contributed by atoms with Crippen LogP contribution in [0.3, 0.4) is 0 Å². The number of benzene rings is 1. The first-order valence-corrected chi connectivity index (χ1v) is 9.44. The van der Waals surface area contributed by atoms with Gasteiger partial charge in [-0.1, -0.05) is 12.1 Å². The predicted molar refractivity (Wildman–Crippen MR) is 99.5 cm³/mol. The Labute approximate surface area is 154 Å². The minimum atomic E-state index is -0.0245. The average molecular weight is 354 g/mol. The summed E-state index contributed by atoms with van der Waals surface area (Å²) >= 11 is 0. The summed E-state index contributed by atoms with van der Waals surface area (Å²) in [4.78, 5) is 14.8. The third-order valence-corrected chi connectivity index (χ3v) is 5.28. The van der Waals surface area contributed by atoms with Crippen molar-refractivity contribution in [2.45, 2.75) is 31.7 Å². The Morgan fingerprint density at radius 2 is 2.35 bits per heavy atom. The Morgan fingerprint density at radius 1 is 1.42 bits per heavy atom. The molecule has 1 fully saturated rings. The third-order valence-electron chi connectivity index (χ3n) is 5.28. The lowest BCUT2D eigenvalue weighted by molar-refractivity contribution is 0.0904. The molecule has 0 saturated carbocycles. The van der Waals surface area contributed by atoms with Crippen LogP contribution in [0, 0.1) is 0 Å². The molecule has 1 saturated heterocycles. The van der Waals surface area contributed by atoms with E-state index >= 15 is 0 Å². The zero-order valence-corrected chi connectivity index (χ0v) is 15.3. The van der Waals surface area contributed by atoms with Crippen molar-refractivity contribution >= 4 is 5.91 Å². The molecule has 6 nitrogen and oxygen atoms in total. The zero-order chi connectivity index (χ0) is 17.9. The molecular formula is C20H26N4O2. The Kier molecular flexibility index (Phi) is 4.93. The predicted octanol–water partition coefficient (Wildman–Crippen LogP) is 1.79. The SMILES string of the molecule is Cn1cc(C(=O)NC2CCCN(CCc3ccc4c(c3)CCO4)C2)cn1. The summed E-state index contributed by atoms with van der Waals surface area (Å²) < 4.78 is 7.24. The van der Waals surface area contributed by atoms with Gasteiger partial charge in [0.25, 0.3) is 5.91 Å². The molecular weight excluding hydrogens is 328 g/mol. The maximum absolute atomic E-state index is 12.3. The topological polar surface area (TPSA) is 59.4 Å². The van der Waals surface area contributed by atoms with E-state index in [1.807, 2.05) is 7.05 Å². The van der Waals surface area contributed by atoms with E-state index in [4.69, 9.17) is 4.74 Å². The van der Waals surface area contributed by atoms with Crippen LogP contribution in [0.5, 0.6) is 5.75 Å². The highest BCUT2D eigenvalue weighted by Gasteiger charge is 2.22. The number of rotatable bonds is 5. The lowest BCUT2D eigenvalue weighted by Crippen LogP contribution is -2.48. The van der Waals surface area contributed by atoms with Gasteiger partial charge in [0.15, 0.2) is 0 Å². The molecule has 1 atom stereocenters. The van der Waals surface area contributed by atoms with Crippen LogP contribution in [-0.4, -0.2) is 52.9 Å². The molecule has 138 valence electrons. The van der Waals surface area contributed by atoms with E-state index in [0.717, 1.165) is 57.7 Å². The summed E-state index contributed by atoms with van der Waals surface area (Å²) in [5.74, 6) is 1.02. The van der Waals surface area contributed by atoms with E-state index in [2.05, 4.69) is 33.5 Å². The highest BCUT2D eigenvalue weighted by Crippen LogP contribution is 2.26. The number of aromatic nitrogens is 2. The number of hydrogen-bond donors (Lipinski definition) is 1. The summed E-state index contributed by atoms with van der Waals surface area (Å²) in [7, 11) is 1.82. The summed E-state index contributed by atoms with van der Waals surface area (Å²) in [5, 5.41) is 7.23. The summed E-state index contributed by atoms with van der Waals surface area (Å²) in [6.45, 7) is 3.86. The molecule has 0 bridgehead atoms. The monoisotopic (exact) mass is 354 g/mol. The largest absolute Gasteiger partial charge is 0.493 e. The van der Waals surface area contributed by atoms with Gasteiger partial charge in [0.2, 0.25) is 0 Å². The normalized spacial score (nSPS) is 19.8. The Morgan fingerprint density at radius 3 is 3.19 bits per heavy atom. The second kappa shape index (κ2) is 7.50. The Balaban J connectivity index is 1.29. The van der Waals surface area contributed by atoms with Gasteiger partial charge in [-0.05, 0) is 43.0 Å². The van der Waals surface area contributed by atoms with E-state index in [1.165, 1.54) is 11.1 Å². The van der Waals surface area contributed by atoms with Crippen LogP contribution >= 0.6 is 0 Å². The molecule has 0 spiro atoms. The van der Waals surface area contributed by atoms with Gasteiger partial charge in [-0.25, -0.2) is 0 Å². The highest BCUT2D eigenvalue weighted by atomic mass is 16.5. The van der Waals surface area contributed by atoms with Crippen LogP contribution in [0.25, 0.3) is 0 Å². The van der Waals surface area contributed by atoms with Crippen LogP contribution in [-0.2, 0) is 19.9 Å². The molecule has 4 rings (SSSR count). The number of nitrogens with zero attached hydrogens (tertiary/aromatic N) is 3. The molecule has 6 heteroatoms. The van der Waals surface area contributed by atoms with Gasteiger partial charge in [-0.15, -0.1) is 0 Å². The van der Waals surface area contributed by atoms with E-state index < -0.39 is 0 Å². The van der Waals surface area contributed by atoms with Crippen molar-refractivity contribution in [1.82, 2.24) is 20.0 Å². The van der Waals surface area contributed by atoms with Gasteiger partial charge in [0, 0.05) is 38.8 Å². The van der Waals surface area contributed by atoms with Crippen molar-refractivity contribution in [3.05, 3.63) is 47.3 Å². The van der Waals surface area contributed by atoms with Crippen molar-refractivity contribution in [2.75, 3.05) is 26.2 Å². The number of aryl methyl sites for hydroxylation is 1. The second-order valence-corrected chi connectivity index (χ2v) is 7.31. The zero-order valence-electron chi connectivity index (χ0n) is 15.3. The van der Waals surface area contributed by atoms with Crippen molar-refractivity contribution in [1.29, 1.82) is 0 Å². The minimum Gasteiger partial charge on any atom is -0.493 e. The maximum Gasteiger partial charge on any atom is 0.254 e. The van der Waals surface area contributed by atoms with Gasteiger partial charge in [-0.2, -0.15) is 5.10 Å². The van der Waals surface area contributed by atoms with Crippen LogP contribution < -0.4 is 10.1 Å². The van der Waals surface area contributed by atoms with Gasteiger partial charge in [0.05, 0.1) is 18.4 Å². The molecule has 0 radical (unpaired) electrons. The molecule has 1 amide bonds. The Hall–Kier alpha value is -2.34. The molecule has 2 aliphatic heterocycles. The number of ether oxygens (including phenoxy) is 1. The molecule has 2 aromatic rings. The van der Waals surface area contributed by atoms with Crippen LogP contribution in [0.1, 0.15) is 34.3 Å². The van der Waals surface area contributed by atoms with Gasteiger partial charge >= 0.3 is 0 Å². The fourth-order valence-corrected chi connectivity index (χ4v) is 3.87. The highest BCUT2D eigenvalue weighted by molar-refractivity contribution is 5.93. The number of piperidine rings is 1. The quantitative estimate of drug-likeness (QED) is 0.889. The van der Waals surface area contributed by atoms with E-state index in [9.17, 15) is 4.79 Å². The first-order chi connectivity index (χ1) is 12.7. The lowest BCUT2D eigenvalue weighted by Gasteiger charge is -2.33. The number of hydrogen-bond acceptors (Lipinski definition) is 4. The van der Waals surface area contributed by atoms with Crippen LogP contribution in [0.2, 0.25) is 0 Å². The van der Waals surface area contributed by atoms with Crippen molar-refractivity contribution in [2.24, 2.45) is 7.05 Å². The van der Waals surface area contributed by atoms with Crippen molar-refractivity contribution in [3.63, 3.8) is 0 Å². The smallest absolute Gasteiger partial charge is 0.254 e. The molecule has 2 aliphatic rings. The molecule has 3 heterocycles. The van der Waals surface area contributed by atoms with E-state index in [1.54, 1.807) is 17.1 Å². The first kappa shape index (κ1) is 17.1. The molecule has 1 N–H and O–H groups in total. The van der Waals surface area contributed by atoms with E-state index in [-0.39, 0.29) is 11.9 Å². The summed E-state index contributed by atoms with van der Waals surface area (Å²) in [6.07, 6.45) is 7.60. The van der Waals surface area contributed by atoms with Gasteiger partial charge < -0.3 is 15.0 Å². The standard InChI is InChI=1S/C20H26N4O2/c1-23-13-17(12-21-23)20(25)22-18-3-2-8-24(14-18)9-6-15-4-5-19-16(11-15)7-10-26-19/h4-5,11-13,18H,2-3,6-10,14H2,1H3,(H,22,25). The van der Waals surface area contributed by atoms with E-state index in [0.29, 0.717) is 5.56 Å². The fraction of sp³-hybridized carbons (Fsp3) is 0.500. The summed E-state index contributed by atoms with van der Waals surface area (Å²) in [5.41, 5.74) is 3.34. The number of nitrogens with one attached hydrogen (secondary N) is 1. The second-order valence-electron chi connectivity index (χ2n) is 7.31. The summed E-state index contributed by atoms with van der Waals surface area (Å²) in [6, 6.07) is 6.78. The number of fused-ring (bicyclic) bond motifs is 1. The van der Waals surface area contributed by atoms with Crippen LogP contribution in [0.4, 0.5) is 0 Å². The number of carbonyl (C=O) groups is 1. The molecule has 1 aromatic heterocycles.